The number of nitrogens with zero attached hydrogens (tertiary/aromatic N) is 1. The Morgan fingerprint density at radius 1 is 1.00 bits per heavy atom. The summed E-state index contributed by atoms with van der Waals surface area (Å²) in [6.07, 6.45) is 3.52. The van der Waals surface area contributed by atoms with E-state index in [1.54, 1.807) is 43.3 Å². The number of rotatable bonds is 7. The molecule has 0 radical (unpaired) electrons. The van der Waals surface area contributed by atoms with E-state index in [0.29, 0.717) is 36.4 Å². The number of amides is 2. The summed E-state index contributed by atoms with van der Waals surface area (Å²) in [5, 5.41) is 5.55. The number of aryl methyl sites for hydroxylation is 1. The summed E-state index contributed by atoms with van der Waals surface area (Å²) < 4.78 is 27.7. The van der Waals surface area contributed by atoms with Crippen LogP contribution in [0.15, 0.2) is 47.4 Å². The van der Waals surface area contributed by atoms with Crippen LogP contribution in [0.3, 0.4) is 0 Å². The van der Waals surface area contributed by atoms with Gasteiger partial charge in [0.1, 0.15) is 0 Å². The van der Waals surface area contributed by atoms with Crippen molar-refractivity contribution < 1.29 is 18.0 Å². The highest BCUT2D eigenvalue weighted by atomic mass is 32.2. The second-order valence-electron chi connectivity index (χ2n) is 7.70. The van der Waals surface area contributed by atoms with E-state index in [1.807, 2.05) is 6.92 Å². The van der Waals surface area contributed by atoms with Gasteiger partial charge in [-0.15, -0.1) is 0 Å². The minimum Gasteiger partial charge on any atom is -0.352 e. The van der Waals surface area contributed by atoms with E-state index >= 15 is 0 Å². The first kappa shape index (κ1) is 23.0. The average molecular weight is 444 g/mol. The number of hydrogen-bond donors (Lipinski definition) is 2. The molecule has 0 unspecified atom stereocenters. The number of carbonyl (C=O) groups is 2. The molecule has 0 aliphatic carbocycles. The maximum Gasteiger partial charge on any atom is 0.255 e. The molecule has 31 heavy (non-hydrogen) atoms. The number of anilines is 1. The number of hydrogen-bond acceptors (Lipinski definition) is 4. The molecule has 2 N–H and O–H groups in total. The molecule has 1 saturated heterocycles. The molecule has 0 bridgehead atoms. The van der Waals surface area contributed by atoms with Crippen LogP contribution in [-0.4, -0.2) is 44.2 Å². The van der Waals surface area contributed by atoms with Crippen LogP contribution >= 0.6 is 0 Å². The molecule has 2 amide bonds. The van der Waals surface area contributed by atoms with Gasteiger partial charge in [0.2, 0.25) is 10.0 Å². The van der Waals surface area contributed by atoms with E-state index in [4.69, 9.17) is 0 Å². The van der Waals surface area contributed by atoms with Crippen molar-refractivity contribution >= 4 is 27.5 Å². The molecule has 1 aliphatic heterocycles. The Kier molecular flexibility index (Phi) is 7.46. The zero-order valence-corrected chi connectivity index (χ0v) is 18.8. The van der Waals surface area contributed by atoms with Gasteiger partial charge in [0.05, 0.1) is 16.1 Å². The Balaban J connectivity index is 1.86. The first-order chi connectivity index (χ1) is 14.8. The van der Waals surface area contributed by atoms with Gasteiger partial charge in [-0.05, 0) is 56.0 Å². The van der Waals surface area contributed by atoms with Crippen LogP contribution in [0.5, 0.6) is 0 Å². The summed E-state index contributed by atoms with van der Waals surface area (Å²) in [6.45, 7) is 5.22. The molecule has 0 atom stereocenters. The predicted molar refractivity (Wildman–Crippen MR) is 121 cm³/mol. The van der Waals surface area contributed by atoms with Crippen molar-refractivity contribution in [3.63, 3.8) is 0 Å². The largest absolute Gasteiger partial charge is 0.352 e. The van der Waals surface area contributed by atoms with E-state index in [2.05, 4.69) is 10.6 Å². The van der Waals surface area contributed by atoms with E-state index in [-0.39, 0.29) is 16.4 Å². The SMILES string of the molecule is CCCNC(=O)c1ccccc1NC(=O)c1ccc(C)c(S(=O)(=O)N2CCCCC2)c1. The molecule has 8 heteroatoms. The summed E-state index contributed by atoms with van der Waals surface area (Å²) >= 11 is 0. The molecule has 3 rings (SSSR count). The van der Waals surface area contributed by atoms with E-state index < -0.39 is 15.9 Å². The van der Waals surface area contributed by atoms with Crippen molar-refractivity contribution in [2.45, 2.75) is 44.4 Å². The molecule has 1 aliphatic rings. The average Bonchev–Trinajstić information content (AvgIpc) is 2.78. The quantitative estimate of drug-likeness (QED) is 0.684. The molecular formula is C23H29N3O4S. The second kappa shape index (κ2) is 10.1. The lowest BCUT2D eigenvalue weighted by molar-refractivity contribution is 0.0954. The molecule has 1 heterocycles. The van der Waals surface area contributed by atoms with Gasteiger partial charge in [-0.1, -0.05) is 31.5 Å². The third-order valence-electron chi connectivity index (χ3n) is 5.34. The number of piperidine rings is 1. The Labute approximate surface area is 183 Å². The molecule has 0 saturated carbocycles. The van der Waals surface area contributed by atoms with Gasteiger partial charge >= 0.3 is 0 Å². The summed E-state index contributed by atoms with van der Waals surface area (Å²) in [5.74, 6) is -0.735. The fraction of sp³-hybridized carbons (Fsp3) is 0.391. The number of sulfonamides is 1. The van der Waals surface area contributed by atoms with Crippen LogP contribution in [0.2, 0.25) is 0 Å². The first-order valence-corrected chi connectivity index (χ1v) is 12.1. The van der Waals surface area contributed by atoms with E-state index in [1.165, 1.54) is 10.4 Å². The van der Waals surface area contributed by atoms with E-state index in [0.717, 1.165) is 25.7 Å². The van der Waals surface area contributed by atoms with Crippen LogP contribution in [-0.2, 0) is 10.0 Å². The van der Waals surface area contributed by atoms with Gasteiger partial charge in [0.25, 0.3) is 11.8 Å². The Bertz CT molecular complexity index is 1060. The summed E-state index contributed by atoms with van der Waals surface area (Å²) in [6, 6.07) is 11.4. The molecule has 166 valence electrons. The van der Waals surface area contributed by atoms with Gasteiger partial charge in [-0.2, -0.15) is 4.31 Å². The minimum atomic E-state index is -3.66. The predicted octanol–water partition coefficient (Wildman–Crippen LogP) is 3.56. The Morgan fingerprint density at radius 3 is 2.42 bits per heavy atom. The summed E-state index contributed by atoms with van der Waals surface area (Å²) in [4.78, 5) is 25.5. The van der Waals surface area contributed by atoms with Crippen molar-refractivity contribution in [1.82, 2.24) is 9.62 Å². The van der Waals surface area contributed by atoms with Crippen molar-refractivity contribution in [1.29, 1.82) is 0 Å². The molecule has 7 nitrogen and oxygen atoms in total. The van der Waals surface area contributed by atoms with Crippen molar-refractivity contribution in [2.24, 2.45) is 0 Å². The Morgan fingerprint density at radius 2 is 1.71 bits per heavy atom. The highest BCUT2D eigenvalue weighted by molar-refractivity contribution is 7.89. The van der Waals surface area contributed by atoms with Gasteiger partial charge in [-0.25, -0.2) is 8.42 Å². The molecular weight excluding hydrogens is 414 g/mol. The lowest BCUT2D eigenvalue weighted by atomic mass is 10.1. The zero-order chi connectivity index (χ0) is 22.4. The fourth-order valence-corrected chi connectivity index (χ4v) is 5.35. The third kappa shape index (κ3) is 5.32. The maximum atomic E-state index is 13.1. The minimum absolute atomic E-state index is 0.149. The van der Waals surface area contributed by atoms with Gasteiger partial charge in [-0.3, -0.25) is 9.59 Å². The molecule has 0 spiro atoms. The maximum absolute atomic E-state index is 13.1. The van der Waals surface area contributed by atoms with Gasteiger partial charge in [0.15, 0.2) is 0 Å². The topological polar surface area (TPSA) is 95.6 Å². The first-order valence-electron chi connectivity index (χ1n) is 10.6. The fourth-order valence-electron chi connectivity index (χ4n) is 3.58. The normalized spacial score (nSPS) is 14.8. The van der Waals surface area contributed by atoms with Crippen LogP contribution in [0.25, 0.3) is 0 Å². The Hall–Kier alpha value is -2.71. The third-order valence-corrected chi connectivity index (χ3v) is 7.38. The van der Waals surface area contributed by atoms with Crippen LogP contribution in [0.4, 0.5) is 5.69 Å². The smallest absolute Gasteiger partial charge is 0.255 e. The van der Waals surface area contributed by atoms with Crippen molar-refractivity contribution in [3.8, 4) is 0 Å². The van der Waals surface area contributed by atoms with Crippen LogP contribution < -0.4 is 10.6 Å². The van der Waals surface area contributed by atoms with Gasteiger partial charge in [0, 0.05) is 25.2 Å². The molecule has 0 aromatic heterocycles. The van der Waals surface area contributed by atoms with Crippen molar-refractivity contribution in [2.75, 3.05) is 25.0 Å². The lowest BCUT2D eigenvalue weighted by Gasteiger charge is -2.26. The lowest BCUT2D eigenvalue weighted by Crippen LogP contribution is -2.36. The van der Waals surface area contributed by atoms with Gasteiger partial charge < -0.3 is 10.6 Å². The second-order valence-corrected chi connectivity index (χ2v) is 9.61. The van der Waals surface area contributed by atoms with Crippen LogP contribution in [0.1, 0.15) is 58.9 Å². The summed E-state index contributed by atoms with van der Waals surface area (Å²) in [7, 11) is -3.66. The number of benzene rings is 2. The highest BCUT2D eigenvalue weighted by Crippen LogP contribution is 2.25. The number of para-hydroxylation sites is 1. The summed E-state index contributed by atoms with van der Waals surface area (Å²) in [5.41, 5.74) is 1.56. The van der Waals surface area contributed by atoms with E-state index in [9.17, 15) is 18.0 Å². The highest BCUT2D eigenvalue weighted by Gasteiger charge is 2.28. The standard InChI is InChI=1S/C23H29N3O4S/c1-3-13-24-23(28)19-9-5-6-10-20(19)25-22(27)18-12-11-17(2)21(16-18)31(29,30)26-14-7-4-8-15-26/h5-6,9-12,16H,3-4,7-8,13-15H2,1-2H3,(H,24,28)(H,25,27). The monoisotopic (exact) mass is 443 g/mol. The van der Waals surface area contributed by atoms with Crippen LogP contribution in [0, 0.1) is 6.92 Å². The number of nitrogens with one attached hydrogen (secondary N) is 2. The van der Waals surface area contributed by atoms with Crippen molar-refractivity contribution in [3.05, 3.63) is 59.2 Å². The molecule has 2 aromatic carbocycles. The molecule has 1 fully saturated rings. The zero-order valence-electron chi connectivity index (χ0n) is 18.0. The number of carbonyl (C=O) groups excluding carboxylic acids is 2. The molecule has 2 aromatic rings.